The van der Waals surface area contributed by atoms with Gasteiger partial charge in [-0.05, 0) is 42.0 Å². The van der Waals surface area contributed by atoms with Crippen molar-refractivity contribution in [3.05, 3.63) is 65.2 Å². The van der Waals surface area contributed by atoms with Crippen LogP contribution in [0.5, 0.6) is 0 Å². The van der Waals surface area contributed by atoms with Crippen molar-refractivity contribution in [1.82, 2.24) is 4.90 Å². The Morgan fingerprint density at radius 2 is 1.43 bits per heavy atom. The van der Waals surface area contributed by atoms with Gasteiger partial charge in [-0.2, -0.15) is 0 Å². The summed E-state index contributed by atoms with van der Waals surface area (Å²) in [6.45, 7) is 8.06. The maximum Gasteiger partial charge on any atom is 0.262 e. The van der Waals surface area contributed by atoms with Crippen LogP contribution >= 0.6 is 0 Å². The first-order chi connectivity index (χ1) is 13.3. The van der Waals surface area contributed by atoms with Gasteiger partial charge >= 0.3 is 0 Å². The van der Waals surface area contributed by atoms with Crippen LogP contribution in [0, 0.1) is 5.92 Å². The molecule has 0 bridgehead atoms. The number of para-hydroxylation sites is 1. The molecule has 1 atom stereocenters. The lowest BCUT2D eigenvalue weighted by Gasteiger charge is -2.27. The minimum Gasteiger partial charge on any atom is -0.324 e. The number of imide groups is 1. The molecule has 3 rings (SSSR count). The van der Waals surface area contributed by atoms with Crippen molar-refractivity contribution >= 4 is 23.4 Å². The first-order valence-electron chi connectivity index (χ1n) is 9.68. The summed E-state index contributed by atoms with van der Waals surface area (Å²) in [5, 5.41) is 2.96. The third-order valence-corrected chi connectivity index (χ3v) is 4.98. The van der Waals surface area contributed by atoms with Gasteiger partial charge in [0.05, 0.1) is 11.1 Å². The fourth-order valence-corrected chi connectivity index (χ4v) is 3.60. The maximum atomic E-state index is 13.2. The number of nitrogens with one attached hydrogen (secondary N) is 1. The molecular weight excluding hydrogens is 352 g/mol. The minimum absolute atomic E-state index is 0.139. The molecule has 0 aliphatic carbocycles. The number of anilines is 1. The Morgan fingerprint density at radius 3 is 1.96 bits per heavy atom. The fraction of sp³-hybridized carbons (Fsp3) is 0.348. The maximum absolute atomic E-state index is 13.2. The highest BCUT2D eigenvalue weighted by molar-refractivity contribution is 6.23. The Bertz CT molecular complexity index is 883. The Labute approximate surface area is 165 Å². The van der Waals surface area contributed by atoms with Crippen LogP contribution in [0.2, 0.25) is 0 Å². The monoisotopic (exact) mass is 378 g/mol. The lowest BCUT2D eigenvalue weighted by atomic mass is 9.99. The second-order valence-corrected chi connectivity index (χ2v) is 7.90. The summed E-state index contributed by atoms with van der Waals surface area (Å²) in [6.07, 6.45) is 0.404. The van der Waals surface area contributed by atoms with Gasteiger partial charge in [-0.3, -0.25) is 19.3 Å². The number of amides is 3. The topological polar surface area (TPSA) is 66.5 Å². The van der Waals surface area contributed by atoms with Crippen molar-refractivity contribution in [3.8, 4) is 0 Å². The van der Waals surface area contributed by atoms with Crippen LogP contribution in [0.1, 0.15) is 66.3 Å². The quantitative estimate of drug-likeness (QED) is 0.755. The van der Waals surface area contributed by atoms with Gasteiger partial charge in [-0.25, -0.2) is 0 Å². The average molecular weight is 378 g/mol. The van der Waals surface area contributed by atoms with E-state index in [1.54, 1.807) is 24.3 Å². The summed E-state index contributed by atoms with van der Waals surface area (Å²) in [4.78, 5) is 40.1. The molecule has 0 radical (unpaired) electrons. The SMILES string of the molecule is CC(C)C[C@@H](C(=O)Nc1ccccc1C(C)C)N1C(=O)c2ccccc2C1=O. The molecule has 0 spiro atoms. The minimum atomic E-state index is -0.854. The second kappa shape index (κ2) is 7.97. The molecule has 0 fully saturated rings. The van der Waals surface area contributed by atoms with Gasteiger partial charge in [0.15, 0.2) is 0 Å². The Kier molecular flexibility index (Phi) is 5.63. The van der Waals surface area contributed by atoms with Crippen molar-refractivity contribution in [2.75, 3.05) is 5.32 Å². The van der Waals surface area contributed by atoms with E-state index in [1.807, 2.05) is 38.1 Å². The molecule has 0 saturated heterocycles. The van der Waals surface area contributed by atoms with E-state index in [4.69, 9.17) is 0 Å². The summed E-state index contributed by atoms with van der Waals surface area (Å²) in [6, 6.07) is 13.5. The molecule has 0 saturated carbocycles. The van der Waals surface area contributed by atoms with E-state index in [0.29, 0.717) is 23.2 Å². The first-order valence-corrected chi connectivity index (χ1v) is 9.68. The van der Waals surface area contributed by atoms with E-state index in [1.165, 1.54) is 0 Å². The zero-order valence-electron chi connectivity index (χ0n) is 16.7. The van der Waals surface area contributed by atoms with Crippen LogP contribution in [0.15, 0.2) is 48.5 Å². The summed E-state index contributed by atoms with van der Waals surface area (Å²) >= 11 is 0. The summed E-state index contributed by atoms with van der Waals surface area (Å²) in [5.41, 5.74) is 2.45. The molecule has 2 aromatic carbocycles. The van der Waals surface area contributed by atoms with Gasteiger partial charge in [0.2, 0.25) is 5.91 Å². The normalized spacial score (nSPS) is 14.6. The molecule has 28 heavy (non-hydrogen) atoms. The van der Waals surface area contributed by atoms with E-state index in [-0.39, 0.29) is 17.7 Å². The fourth-order valence-electron chi connectivity index (χ4n) is 3.60. The third-order valence-electron chi connectivity index (χ3n) is 4.98. The molecule has 3 amide bonds. The van der Waals surface area contributed by atoms with E-state index in [0.717, 1.165) is 10.5 Å². The number of carbonyl (C=O) groups excluding carboxylic acids is 3. The molecule has 1 heterocycles. The summed E-state index contributed by atoms with van der Waals surface area (Å²) in [7, 11) is 0. The van der Waals surface area contributed by atoms with E-state index in [9.17, 15) is 14.4 Å². The highest BCUT2D eigenvalue weighted by Crippen LogP contribution is 2.29. The number of hydrogen-bond donors (Lipinski definition) is 1. The third kappa shape index (κ3) is 3.70. The zero-order chi connectivity index (χ0) is 20.4. The standard InChI is InChI=1S/C23H26N2O3/c1-14(2)13-20(21(26)24-19-12-8-7-9-16(19)15(3)4)25-22(27)17-10-5-6-11-18(17)23(25)28/h5-12,14-15,20H,13H2,1-4H3,(H,24,26)/t20-/m0/s1. The van der Waals surface area contributed by atoms with Crippen molar-refractivity contribution in [1.29, 1.82) is 0 Å². The highest BCUT2D eigenvalue weighted by Gasteiger charge is 2.42. The van der Waals surface area contributed by atoms with Crippen LogP contribution in [0.4, 0.5) is 5.69 Å². The predicted molar refractivity (Wildman–Crippen MR) is 109 cm³/mol. The first kappa shape index (κ1) is 19.8. The van der Waals surface area contributed by atoms with E-state index >= 15 is 0 Å². The summed E-state index contributed by atoms with van der Waals surface area (Å²) in [5.74, 6) is -0.770. The van der Waals surface area contributed by atoms with Crippen LogP contribution < -0.4 is 5.32 Å². The van der Waals surface area contributed by atoms with Gasteiger partial charge < -0.3 is 5.32 Å². The molecule has 2 aromatic rings. The number of nitrogens with zero attached hydrogens (tertiary/aromatic N) is 1. The number of benzene rings is 2. The van der Waals surface area contributed by atoms with Crippen molar-refractivity contribution in [2.45, 2.75) is 46.1 Å². The van der Waals surface area contributed by atoms with E-state index < -0.39 is 17.9 Å². The second-order valence-electron chi connectivity index (χ2n) is 7.90. The Morgan fingerprint density at radius 1 is 0.893 bits per heavy atom. The van der Waals surface area contributed by atoms with Crippen LogP contribution in [0.3, 0.4) is 0 Å². The number of rotatable bonds is 6. The van der Waals surface area contributed by atoms with Crippen LogP contribution in [-0.2, 0) is 4.79 Å². The van der Waals surface area contributed by atoms with Crippen molar-refractivity contribution in [3.63, 3.8) is 0 Å². The largest absolute Gasteiger partial charge is 0.324 e. The molecule has 0 aromatic heterocycles. The summed E-state index contributed by atoms with van der Waals surface area (Å²) < 4.78 is 0. The molecule has 0 unspecified atom stereocenters. The molecule has 146 valence electrons. The van der Waals surface area contributed by atoms with Gasteiger partial charge in [0.25, 0.3) is 11.8 Å². The Balaban J connectivity index is 1.93. The smallest absolute Gasteiger partial charge is 0.262 e. The highest BCUT2D eigenvalue weighted by atomic mass is 16.2. The number of fused-ring (bicyclic) bond motifs is 1. The van der Waals surface area contributed by atoms with E-state index in [2.05, 4.69) is 19.2 Å². The predicted octanol–water partition coefficient (Wildman–Crippen LogP) is 4.46. The lowest BCUT2D eigenvalue weighted by Crippen LogP contribution is -2.48. The molecular formula is C23H26N2O3. The molecule has 1 aliphatic rings. The average Bonchev–Trinajstić information content (AvgIpc) is 2.91. The van der Waals surface area contributed by atoms with Gasteiger partial charge in [0, 0.05) is 5.69 Å². The number of carbonyl (C=O) groups is 3. The van der Waals surface area contributed by atoms with Crippen molar-refractivity contribution in [2.24, 2.45) is 5.92 Å². The molecule has 1 N–H and O–H groups in total. The van der Waals surface area contributed by atoms with Crippen LogP contribution in [-0.4, -0.2) is 28.7 Å². The van der Waals surface area contributed by atoms with Gasteiger partial charge in [0.1, 0.15) is 6.04 Å². The lowest BCUT2D eigenvalue weighted by molar-refractivity contribution is -0.120. The molecule has 5 heteroatoms. The molecule has 5 nitrogen and oxygen atoms in total. The van der Waals surface area contributed by atoms with Gasteiger partial charge in [-0.1, -0.05) is 58.0 Å². The number of hydrogen-bond acceptors (Lipinski definition) is 3. The van der Waals surface area contributed by atoms with Gasteiger partial charge in [-0.15, -0.1) is 0 Å². The zero-order valence-corrected chi connectivity index (χ0v) is 16.7. The molecule has 1 aliphatic heterocycles. The van der Waals surface area contributed by atoms with Crippen LogP contribution in [0.25, 0.3) is 0 Å². The van der Waals surface area contributed by atoms with Crippen molar-refractivity contribution < 1.29 is 14.4 Å². The Hall–Kier alpha value is -2.95.